The molecule has 11 heavy (non-hydrogen) atoms. The van der Waals surface area contributed by atoms with Crippen LogP contribution < -0.4 is 4.74 Å². The predicted octanol–water partition coefficient (Wildman–Crippen LogP) is 1.62. The first kappa shape index (κ1) is 7.83. The molecule has 0 N–H and O–H groups in total. The molecule has 0 aliphatic heterocycles. The second-order valence-corrected chi connectivity index (χ2v) is 2.22. The summed E-state index contributed by atoms with van der Waals surface area (Å²) in [6.07, 6.45) is 1.39. The fourth-order valence-electron chi connectivity index (χ4n) is 0.638. The van der Waals surface area contributed by atoms with Crippen LogP contribution in [-0.4, -0.2) is 12.1 Å². The zero-order valence-corrected chi connectivity index (χ0v) is 6.59. The van der Waals surface area contributed by atoms with E-state index in [1.807, 2.05) is 6.07 Å². The highest BCUT2D eigenvalue weighted by atomic mass is 35.5. The highest BCUT2D eigenvalue weighted by Crippen LogP contribution is 2.22. The lowest BCUT2D eigenvalue weighted by atomic mass is 10.3. The van der Waals surface area contributed by atoms with Gasteiger partial charge in [0.25, 0.3) is 0 Å². The molecule has 0 radical (unpaired) electrons. The van der Waals surface area contributed by atoms with Crippen molar-refractivity contribution in [1.82, 2.24) is 4.98 Å². The Morgan fingerprint density at radius 3 is 3.00 bits per heavy atom. The Hall–Kier alpha value is -1.27. The van der Waals surface area contributed by atoms with Crippen LogP contribution in [0.5, 0.6) is 5.75 Å². The van der Waals surface area contributed by atoms with Crippen molar-refractivity contribution in [3.05, 3.63) is 23.0 Å². The molecule has 0 saturated carbocycles. The highest BCUT2D eigenvalue weighted by Gasteiger charge is 2.01. The quantitative estimate of drug-likeness (QED) is 0.640. The van der Waals surface area contributed by atoms with Gasteiger partial charge in [0, 0.05) is 6.07 Å². The third-order valence-corrected chi connectivity index (χ3v) is 1.44. The summed E-state index contributed by atoms with van der Waals surface area (Å²) in [6, 6.07) is 3.37. The van der Waals surface area contributed by atoms with E-state index in [1.165, 1.54) is 19.4 Å². The number of nitriles is 1. The molecule has 3 nitrogen and oxygen atoms in total. The van der Waals surface area contributed by atoms with Gasteiger partial charge in [-0.2, -0.15) is 5.26 Å². The number of halogens is 1. The van der Waals surface area contributed by atoms with Gasteiger partial charge in [-0.1, -0.05) is 11.6 Å². The van der Waals surface area contributed by atoms with Gasteiger partial charge >= 0.3 is 0 Å². The lowest BCUT2D eigenvalue weighted by Crippen LogP contribution is -1.87. The molecule has 0 spiro atoms. The molecule has 56 valence electrons. The van der Waals surface area contributed by atoms with Crippen molar-refractivity contribution in [3.63, 3.8) is 0 Å². The number of aromatic nitrogens is 1. The van der Waals surface area contributed by atoms with Gasteiger partial charge in [-0.3, -0.25) is 0 Å². The molecule has 4 heteroatoms. The van der Waals surface area contributed by atoms with Gasteiger partial charge in [-0.15, -0.1) is 0 Å². The minimum absolute atomic E-state index is 0.297. The highest BCUT2D eigenvalue weighted by molar-refractivity contribution is 6.31. The zero-order valence-electron chi connectivity index (χ0n) is 5.84. The van der Waals surface area contributed by atoms with Crippen LogP contribution in [-0.2, 0) is 0 Å². The van der Waals surface area contributed by atoms with Crippen LogP contribution in [0.15, 0.2) is 12.3 Å². The Morgan fingerprint density at radius 1 is 1.73 bits per heavy atom. The van der Waals surface area contributed by atoms with Gasteiger partial charge in [0.1, 0.15) is 22.5 Å². The fraction of sp³-hybridized carbons (Fsp3) is 0.143. The van der Waals surface area contributed by atoms with E-state index in [0.29, 0.717) is 16.5 Å². The second kappa shape index (κ2) is 3.22. The van der Waals surface area contributed by atoms with Gasteiger partial charge in [-0.25, -0.2) is 4.98 Å². The molecule has 0 saturated heterocycles. The standard InChI is InChI=1S/C7H5ClN2O/c1-11-7-2-5(3-9)10-4-6(7)8/h2,4H,1H3. The summed E-state index contributed by atoms with van der Waals surface area (Å²) in [5.41, 5.74) is 0.297. The molecule has 1 heterocycles. The molecule has 0 unspecified atom stereocenters. The van der Waals surface area contributed by atoms with Crippen LogP contribution in [0.1, 0.15) is 5.69 Å². The normalized spacial score (nSPS) is 8.82. The molecule has 0 atom stereocenters. The average Bonchev–Trinajstić information content (AvgIpc) is 2.05. The van der Waals surface area contributed by atoms with Crippen LogP contribution in [0, 0.1) is 11.3 Å². The second-order valence-electron chi connectivity index (χ2n) is 1.82. The summed E-state index contributed by atoms with van der Waals surface area (Å²) in [5, 5.41) is 8.85. The van der Waals surface area contributed by atoms with Crippen LogP contribution in [0.3, 0.4) is 0 Å². The smallest absolute Gasteiger partial charge is 0.144 e. The summed E-state index contributed by atoms with van der Waals surface area (Å²) in [6.45, 7) is 0. The van der Waals surface area contributed by atoms with E-state index in [1.54, 1.807) is 0 Å². The molecular weight excluding hydrogens is 164 g/mol. The number of methoxy groups -OCH3 is 1. The molecule has 1 aromatic rings. The largest absolute Gasteiger partial charge is 0.495 e. The van der Waals surface area contributed by atoms with Crippen LogP contribution in [0.25, 0.3) is 0 Å². The Balaban J connectivity index is 3.15. The van der Waals surface area contributed by atoms with E-state index in [2.05, 4.69) is 4.98 Å². The van der Waals surface area contributed by atoms with Crippen LogP contribution in [0.4, 0.5) is 0 Å². The molecule has 0 amide bonds. The van der Waals surface area contributed by atoms with Crippen molar-refractivity contribution in [2.75, 3.05) is 7.11 Å². The first-order chi connectivity index (χ1) is 5.27. The molecule has 0 aliphatic carbocycles. The van der Waals surface area contributed by atoms with E-state index in [4.69, 9.17) is 21.6 Å². The van der Waals surface area contributed by atoms with Crippen molar-refractivity contribution >= 4 is 11.6 Å². The van der Waals surface area contributed by atoms with Crippen molar-refractivity contribution in [1.29, 1.82) is 5.26 Å². The number of hydrogen-bond acceptors (Lipinski definition) is 3. The topological polar surface area (TPSA) is 45.9 Å². The van der Waals surface area contributed by atoms with E-state index in [0.717, 1.165) is 0 Å². The predicted molar refractivity (Wildman–Crippen MR) is 40.5 cm³/mol. The van der Waals surface area contributed by atoms with Crippen molar-refractivity contribution in [3.8, 4) is 11.8 Å². The maximum Gasteiger partial charge on any atom is 0.144 e. The fourth-order valence-corrected chi connectivity index (χ4v) is 0.818. The summed E-state index contributed by atoms with van der Waals surface area (Å²) >= 11 is 5.66. The zero-order chi connectivity index (χ0) is 8.27. The molecule has 0 aliphatic rings. The lowest BCUT2D eigenvalue weighted by molar-refractivity contribution is 0.414. The van der Waals surface area contributed by atoms with Gasteiger partial charge < -0.3 is 4.74 Å². The maximum absolute atomic E-state index is 8.44. The molecular formula is C7H5ClN2O. The average molecular weight is 169 g/mol. The molecule has 0 fully saturated rings. The number of pyridine rings is 1. The van der Waals surface area contributed by atoms with E-state index in [9.17, 15) is 0 Å². The Bertz CT molecular complexity index is 306. The van der Waals surface area contributed by atoms with Crippen LogP contribution in [0.2, 0.25) is 5.02 Å². The summed E-state index contributed by atoms with van der Waals surface area (Å²) < 4.78 is 4.86. The molecule has 1 aromatic heterocycles. The monoisotopic (exact) mass is 168 g/mol. The van der Waals surface area contributed by atoms with Crippen molar-refractivity contribution in [2.45, 2.75) is 0 Å². The lowest BCUT2D eigenvalue weighted by Gasteiger charge is -2.00. The van der Waals surface area contributed by atoms with E-state index in [-0.39, 0.29) is 0 Å². The summed E-state index contributed by atoms with van der Waals surface area (Å²) in [7, 11) is 1.49. The summed E-state index contributed by atoms with van der Waals surface area (Å²) in [5.74, 6) is 0.471. The van der Waals surface area contributed by atoms with Gasteiger partial charge in [-0.05, 0) is 0 Å². The van der Waals surface area contributed by atoms with Crippen LogP contribution >= 0.6 is 11.6 Å². The van der Waals surface area contributed by atoms with Gasteiger partial charge in [0.2, 0.25) is 0 Å². The third kappa shape index (κ3) is 1.60. The number of ether oxygens (including phenoxy) is 1. The first-order valence-electron chi connectivity index (χ1n) is 2.87. The minimum atomic E-state index is 0.297. The Labute approximate surface area is 69.2 Å². The molecule has 0 bridgehead atoms. The van der Waals surface area contributed by atoms with Crippen molar-refractivity contribution in [2.24, 2.45) is 0 Å². The molecule has 0 aromatic carbocycles. The van der Waals surface area contributed by atoms with E-state index >= 15 is 0 Å². The minimum Gasteiger partial charge on any atom is -0.495 e. The van der Waals surface area contributed by atoms with E-state index < -0.39 is 0 Å². The van der Waals surface area contributed by atoms with Gasteiger partial charge in [0.15, 0.2) is 0 Å². The Morgan fingerprint density at radius 2 is 2.45 bits per heavy atom. The Kier molecular flexibility index (Phi) is 2.29. The number of hydrogen-bond donors (Lipinski definition) is 0. The SMILES string of the molecule is COc1cc(C#N)ncc1Cl. The summed E-state index contributed by atoms with van der Waals surface area (Å²) in [4.78, 5) is 3.73. The number of rotatable bonds is 1. The number of nitrogens with zero attached hydrogens (tertiary/aromatic N) is 2. The third-order valence-electron chi connectivity index (χ3n) is 1.15. The first-order valence-corrected chi connectivity index (χ1v) is 3.25. The maximum atomic E-state index is 8.44. The van der Waals surface area contributed by atoms with Gasteiger partial charge in [0.05, 0.1) is 13.3 Å². The van der Waals surface area contributed by atoms with Crippen molar-refractivity contribution < 1.29 is 4.74 Å². The molecule has 1 rings (SSSR count).